The molecule has 24 heavy (non-hydrogen) atoms. The van der Waals surface area contributed by atoms with Crippen LogP contribution in [0.4, 0.5) is 0 Å². The van der Waals surface area contributed by atoms with E-state index in [1.54, 1.807) is 0 Å². The van der Waals surface area contributed by atoms with Crippen LogP contribution < -0.4 is 14.8 Å². The van der Waals surface area contributed by atoms with Gasteiger partial charge in [-0.2, -0.15) is 0 Å². The Hall–Kier alpha value is -1.59. The molecule has 5 rings (SSSR count). The number of nitrogens with one attached hydrogen (secondary N) is 1. The maximum Gasteiger partial charge on any atom is 0.161 e. The van der Waals surface area contributed by atoms with E-state index in [0.717, 1.165) is 29.9 Å². The normalized spacial score (nSPS) is 20.8. The molecule has 3 aliphatic rings. The standard InChI is InChI=1S/C19H22N2O2S/c1-2-12(1)18(14-5-6-16-17(9-14)23-8-7-22-16)20-10-15-11-24-19(21-15)13-3-4-13/h5-6,9,11-13,18,20H,1-4,7-8,10H2/t18-/m0/s1. The van der Waals surface area contributed by atoms with E-state index in [9.17, 15) is 0 Å². The lowest BCUT2D eigenvalue weighted by Crippen LogP contribution is -2.23. The van der Waals surface area contributed by atoms with Crippen LogP contribution in [0.1, 0.15) is 53.9 Å². The fraction of sp³-hybridized carbons (Fsp3) is 0.526. The molecule has 1 atom stereocenters. The molecule has 2 heterocycles. The maximum atomic E-state index is 5.75. The summed E-state index contributed by atoms with van der Waals surface area (Å²) in [7, 11) is 0. The van der Waals surface area contributed by atoms with Crippen molar-refractivity contribution in [2.75, 3.05) is 13.2 Å². The number of hydrogen-bond donors (Lipinski definition) is 1. The van der Waals surface area contributed by atoms with Gasteiger partial charge < -0.3 is 14.8 Å². The van der Waals surface area contributed by atoms with E-state index >= 15 is 0 Å². The Morgan fingerprint density at radius 3 is 2.75 bits per heavy atom. The van der Waals surface area contributed by atoms with Gasteiger partial charge in [0.1, 0.15) is 13.2 Å². The van der Waals surface area contributed by atoms with Crippen LogP contribution in [0.15, 0.2) is 23.6 Å². The van der Waals surface area contributed by atoms with Gasteiger partial charge in [0.15, 0.2) is 11.5 Å². The quantitative estimate of drug-likeness (QED) is 0.861. The van der Waals surface area contributed by atoms with Crippen LogP contribution in [0.2, 0.25) is 0 Å². The highest BCUT2D eigenvalue weighted by molar-refractivity contribution is 7.09. The first kappa shape index (κ1) is 14.7. The number of nitrogens with zero attached hydrogens (tertiary/aromatic N) is 1. The highest BCUT2D eigenvalue weighted by Crippen LogP contribution is 2.44. The van der Waals surface area contributed by atoms with Crippen molar-refractivity contribution < 1.29 is 9.47 Å². The summed E-state index contributed by atoms with van der Waals surface area (Å²) >= 11 is 1.82. The Balaban J connectivity index is 1.31. The summed E-state index contributed by atoms with van der Waals surface area (Å²) in [6.45, 7) is 2.13. The first-order valence-electron chi connectivity index (χ1n) is 8.94. The highest BCUT2D eigenvalue weighted by Gasteiger charge is 2.33. The number of fused-ring (bicyclic) bond motifs is 1. The van der Waals surface area contributed by atoms with Crippen LogP contribution in [-0.4, -0.2) is 18.2 Å². The zero-order chi connectivity index (χ0) is 15.9. The van der Waals surface area contributed by atoms with Crippen LogP contribution >= 0.6 is 11.3 Å². The average molecular weight is 342 g/mol. The van der Waals surface area contributed by atoms with Gasteiger partial charge in [-0.25, -0.2) is 4.98 Å². The number of rotatable bonds is 6. The lowest BCUT2D eigenvalue weighted by Gasteiger charge is -2.23. The zero-order valence-corrected chi connectivity index (χ0v) is 14.5. The van der Waals surface area contributed by atoms with Crippen molar-refractivity contribution in [3.05, 3.63) is 39.8 Å². The molecular weight excluding hydrogens is 320 g/mol. The van der Waals surface area contributed by atoms with Gasteiger partial charge in [0, 0.05) is 23.9 Å². The Morgan fingerprint density at radius 2 is 1.96 bits per heavy atom. The summed E-state index contributed by atoms with van der Waals surface area (Å²) in [4.78, 5) is 4.80. The summed E-state index contributed by atoms with van der Waals surface area (Å²) in [6, 6.07) is 6.77. The van der Waals surface area contributed by atoms with Crippen LogP contribution in [-0.2, 0) is 6.54 Å². The minimum absolute atomic E-state index is 0.381. The smallest absolute Gasteiger partial charge is 0.161 e. The predicted octanol–water partition coefficient (Wildman–Crippen LogP) is 4.03. The van der Waals surface area contributed by atoms with Gasteiger partial charge in [0.25, 0.3) is 0 Å². The third-order valence-corrected chi connectivity index (χ3v) is 6.07. The van der Waals surface area contributed by atoms with Gasteiger partial charge in [0.2, 0.25) is 0 Å². The molecule has 4 nitrogen and oxygen atoms in total. The molecule has 1 aromatic carbocycles. The highest BCUT2D eigenvalue weighted by atomic mass is 32.1. The van der Waals surface area contributed by atoms with Gasteiger partial charge in [-0.1, -0.05) is 6.07 Å². The summed E-state index contributed by atoms with van der Waals surface area (Å²) < 4.78 is 11.4. The molecule has 1 aromatic heterocycles. The molecule has 1 N–H and O–H groups in total. The van der Waals surface area contributed by atoms with E-state index in [4.69, 9.17) is 14.5 Å². The minimum Gasteiger partial charge on any atom is -0.486 e. The fourth-order valence-electron chi connectivity index (χ4n) is 3.38. The molecule has 0 saturated heterocycles. The third kappa shape index (κ3) is 3.03. The molecule has 0 spiro atoms. The molecule has 0 unspecified atom stereocenters. The Labute approximate surface area is 146 Å². The van der Waals surface area contributed by atoms with E-state index < -0.39 is 0 Å². The second-order valence-corrected chi connectivity index (χ2v) is 7.94. The second kappa shape index (κ2) is 6.05. The second-order valence-electron chi connectivity index (χ2n) is 7.05. The monoisotopic (exact) mass is 342 g/mol. The van der Waals surface area contributed by atoms with Crippen molar-refractivity contribution in [2.24, 2.45) is 5.92 Å². The minimum atomic E-state index is 0.381. The third-order valence-electron chi connectivity index (χ3n) is 5.02. The summed E-state index contributed by atoms with van der Waals surface area (Å²) in [6.07, 6.45) is 5.25. The SMILES string of the molecule is c1cc2c(cc1[C@@H](NCc1csc(C3CC3)n1)C1CC1)OCCO2. The van der Waals surface area contributed by atoms with Crippen molar-refractivity contribution in [1.29, 1.82) is 0 Å². The number of ether oxygens (including phenoxy) is 2. The summed E-state index contributed by atoms with van der Waals surface area (Å²) in [5.41, 5.74) is 2.49. The fourth-order valence-corrected chi connectivity index (χ4v) is 4.37. The molecule has 2 fully saturated rings. The molecular formula is C19H22N2O2S. The van der Waals surface area contributed by atoms with E-state index in [1.165, 1.54) is 41.9 Å². The molecule has 126 valence electrons. The Morgan fingerprint density at radius 1 is 1.12 bits per heavy atom. The lowest BCUT2D eigenvalue weighted by atomic mass is 10.0. The van der Waals surface area contributed by atoms with Gasteiger partial charge in [-0.15, -0.1) is 11.3 Å². The van der Waals surface area contributed by atoms with Crippen molar-refractivity contribution >= 4 is 11.3 Å². The number of hydrogen-bond acceptors (Lipinski definition) is 5. The van der Waals surface area contributed by atoms with E-state index in [2.05, 4.69) is 28.9 Å². The van der Waals surface area contributed by atoms with E-state index in [1.807, 2.05) is 11.3 Å². The van der Waals surface area contributed by atoms with Crippen molar-refractivity contribution in [1.82, 2.24) is 10.3 Å². The Bertz CT molecular complexity index is 737. The molecule has 2 aromatic rings. The van der Waals surface area contributed by atoms with Crippen molar-refractivity contribution in [3.8, 4) is 11.5 Å². The average Bonchev–Trinajstić information content (AvgIpc) is 3.55. The van der Waals surface area contributed by atoms with Crippen LogP contribution in [0.3, 0.4) is 0 Å². The first-order valence-corrected chi connectivity index (χ1v) is 9.82. The van der Waals surface area contributed by atoms with Crippen molar-refractivity contribution in [3.63, 3.8) is 0 Å². The largest absolute Gasteiger partial charge is 0.486 e. The predicted molar refractivity (Wildman–Crippen MR) is 93.8 cm³/mol. The molecule has 5 heteroatoms. The molecule has 1 aliphatic heterocycles. The van der Waals surface area contributed by atoms with Gasteiger partial charge in [-0.3, -0.25) is 0 Å². The van der Waals surface area contributed by atoms with Gasteiger partial charge >= 0.3 is 0 Å². The number of thiazole rings is 1. The molecule has 2 aliphatic carbocycles. The van der Waals surface area contributed by atoms with Crippen LogP contribution in [0, 0.1) is 5.92 Å². The summed E-state index contributed by atoms with van der Waals surface area (Å²) in [5.74, 6) is 3.24. The van der Waals surface area contributed by atoms with Gasteiger partial charge in [-0.05, 0) is 49.3 Å². The zero-order valence-electron chi connectivity index (χ0n) is 13.7. The number of aromatic nitrogens is 1. The van der Waals surface area contributed by atoms with Crippen LogP contribution in [0.25, 0.3) is 0 Å². The molecule has 0 radical (unpaired) electrons. The van der Waals surface area contributed by atoms with E-state index in [0.29, 0.717) is 19.3 Å². The van der Waals surface area contributed by atoms with E-state index in [-0.39, 0.29) is 0 Å². The maximum absolute atomic E-state index is 5.75. The topological polar surface area (TPSA) is 43.4 Å². The van der Waals surface area contributed by atoms with Crippen molar-refractivity contribution in [2.45, 2.75) is 44.2 Å². The van der Waals surface area contributed by atoms with Gasteiger partial charge in [0.05, 0.1) is 10.7 Å². The molecule has 0 bridgehead atoms. The molecule has 0 amide bonds. The Kier molecular flexibility index (Phi) is 3.71. The molecule has 2 saturated carbocycles. The first-order chi connectivity index (χ1) is 11.9. The van der Waals surface area contributed by atoms with Crippen LogP contribution in [0.5, 0.6) is 11.5 Å². The number of benzene rings is 1. The lowest BCUT2D eigenvalue weighted by molar-refractivity contribution is 0.171. The summed E-state index contributed by atoms with van der Waals surface area (Å²) in [5, 5.41) is 7.29.